The zero-order chi connectivity index (χ0) is 14.0. The van der Waals surface area contributed by atoms with Gasteiger partial charge in [-0.25, -0.2) is 8.78 Å². The highest BCUT2D eigenvalue weighted by Gasteiger charge is 2.39. The molecule has 2 rings (SSSR count). The number of benzene rings is 1. The van der Waals surface area contributed by atoms with Crippen LogP contribution >= 0.6 is 0 Å². The number of carbonyl (C=O) groups excluding carboxylic acids is 1. The molecule has 1 aromatic rings. The van der Waals surface area contributed by atoms with Crippen LogP contribution in [0.25, 0.3) is 0 Å². The molecule has 1 aromatic carbocycles. The number of nitrogens with zero attached hydrogens (tertiary/aromatic N) is 1. The van der Waals surface area contributed by atoms with Crippen LogP contribution in [0.3, 0.4) is 0 Å². The number of nitrogens with one attached hydrogen (secondary N) is 1. The molecule has 0 saturated carbocycles. The van der Waals surface area contributed by atoms with Crippen LogP contribution in [0.15, 0.2) is 18.2 Å². The molecule has 3 nitrogen and oxygen atoms in total. The fourth-order valence-electron chi connectivity index (χ4n) is 2.74. The highest BCUT2D eigenvalue weighted by molar-refractivity contribution is 5.95. The van der Waals surface area contributed by atoms with E-state index < -0.39 is 17.5 Å². The van der Waals surface area contributed by atoms with E-state index in [0.29, 0.717) is 13.1 Å². The minimum atomic E-state index is -0.676. The van der Waals surface area contributed by atoms with Crippen LogP contribution in [0, 0.1) is 11.6 Å². The highest BCUT2D eigenvalue weighted by atomic mass is 19.1. The number of likely N-dealkylation sites (N-methyl/N-ethyl adjacent to an activating group) is 1. The molecule has 0 bridgehead atoms. The molecule has 1 amide bonds. The maximum Gasteiger partial charge on any atom is 0.257 e. The third-order valence-electron chi connectivity index (χ3n) is 3.71. The Balaban J connectivity index is 2.30. The molecule has 1 heterocycles. The first-order valence-electron chi connectivity index (χ1n) is 6.39. The maximum atomic E-state index is 13.7. The summed E-state index contributed by atoms with van der Waals surface area (Å²) in [5, 5.41) is 3.05. The van der Waals surface area contributed by atoms with Crippen molar-refractivity contribution in [1.82, 2.24) is 10.2 Å². The van der Waals surface area contributed by atoms with Crippen LogP contribution in [0.1, 0.15) is 30.1 Å². The molecular weight excluding hydrogens is 250 g/mol. The van der Waals surface area contributed by atoms with E-state index in [2.05, 4.69) is 5.32 Å². The third kappa shape index (κ3) is 2.61. The topological polar surface area (TPSA) is 32.3 Å². The van der Waals surface area contributed by atoms with E-state index >= 15 is 0 Å². The summed E-state index contributed by atoms with van der Waals surface area (Å²) in [6.45, 7) is 3.17. The monoisotopic (exact) mass is 268 g/mol. The Morgan fingerprint density at radius 2 is 2.21 bits per heavy atom. The molecule has 0 spiro atoms. The summed E-state index contributed by atoms with van der Waals surface area (Å²) >= 11 is 0. The SMILES string of the molecule is CNCC1(C)CCCN1C(=O)c1cc(F)ccc1F. The van der Waals surface area contributed by atoms with E-state index in [1.807, 2.05) is 14.0 Å². The smallest absolute Gasteiger partial charge is 0.257 e. The molecule has 0 aromatic heterocycles. The maximum absolute atomic E-state index is 13.7. The summed E-state index contributed by atoms with van der Waals surface area (Å²) in [7, 11) is 1.81. The number of rotatable bonds is 3. The van der Waals surface area contributed by atoms with Gasteiger partial charge >= 0.3 is 0 Å². The van der Waals surface area contributed by atoms with Gasteiger partial charge in [0, 0.05) is 13.1 Å². The second-order valence-electron chi connectivity index (χ2n) is 5.21. The summed E-state index contributed by atoms with van der Waals surface area (Å²) < 4.78 is 26.9. The molecule has 104 valence electrons. The molecule has 19 heavy (non-hydrogen) atoms. The summed E-state index contributed by atoms with van der Waals surface area (Å²) in [4.78, 5) is 14.0. The van der Waals surface area contributed by atoms with Gasteiger partial charge < -0.3 is 10.2 Å². The number of hydrogen-bond donors (Lipinski definition) is 1. The van der Waals surface area contributed by atoms with Crippen molar-refractivity contribution in [1.29, 1.82) is 0 Å². The number of amides is 1. The minimum Gasteiger partial charge on any atom is -0.332 e. The van der Waals surface area contributed by atoms with Gasteiger partial charge in [0.25, 0.3) is 5.91 Å². The van der Waals surface area contributed by atoms with Crippen LogP contribution < -0.4 is 5.32 Å². The van der Waals surface area contributed by atoms with Crippen molar-refractivity contribution in [3.63, 3.8) is 0 Å². The summed E-state index contributed by atoms with van der Waals surface area (Å²) in [5.41, 5.74) is -0.533. The van der Waals surface area contributed by atoms with Gasteiger partial charge in [-0.3, -0.25) is 4.79 Å². The lowest BCUT2D eigenvalue weighted by atomic mass is 9.98. The average molecular weight is 268 g/mol. The normalized spacial score (nSPS) is 22.8. The number of halogens is 2. The first-order valence-corrected chi connectivity index (χ1v) is 6.39. The molecule has 0 aliphatic carbocycles. The number of hydrogen-bond acceptors (Lipinski definition) is 2. The summed E-state index contributed by atoms with van der Waals surface area (Å²) in [6.07, 6.45) is 1.73. The van der Waals surface area contributed by atoms with Crippen molar-refractivity contribution in [2.75, 3.05) is 20.1 Å². The largest absolute Gasteiger partial charge is 0.332 e. The van der Waals surface area contributed by atoms with Gasteiger partial charge in [-0.1, -0.05) is 0 Å². The molecule has 1 atom stereocenters. The fraction of sp³-hybridized carbons (Fsp3) is 0.500. The van der Waals surface area contributed by atoms with Crippen molar-refractivity contribution in [2.45, 2.75) is 25.3 Å². The van der Waals surface area contributed by atoms with Gasteiger partial charge in [-0.15, -0.1) is 0 Å². The van der Waals surface area contributed by atoms with Crippen LogP contribution in [-0.4, -0.2) is 36.5 Å². The van der Waals surface area contributed by atoms with E-state index in [9.17, 15) is 13.6 Å². The van der Waals surface area contributed by atoms with E-state index in [0.717, 1.165) is 31.0 Å². The second-order valence-corrected chi connectivity index (χ2v) is 5.21. The molecule has 1 fully saturated rings. The zero-order valence-corrected chi connectivity index (χ0v) is 11.2. The van der Waals surface area contributed by atoms with E-state index in [1.54, 1.807) is 4.90 Å². The third-order valence-corrected chi connectivity index (χ3v) is 3.71. The van der Waals surface area contributed by atoms with Crippen molar-refractivity contribution in [3.8, 4) is 0 Å². The van der Waals surface area contributed by atoms with Gasteiger partial charge in [0.15, 0.2) is 0 Å². The molecule has 1 N–H and O–H groups in total. The number of carbonyl (C=O) groups is 1. The van der Waals surface area contributed by atoms with Gasteiger partial charge in [-0.2, -0.15) is 0 Å². The Kier molecular flexibility index (Phi) is 3.85. The lowest BCUT2D eigenvalue weighted by molar-refractivity contribution is 0.0621. The molecule has 5 heteroatoms. The average Bonchev–Trinajstić information content (AvgIpc) is 2.74. The van der Waals surface area contributed by atoms with Gasteiger partial charge in [0.2, 0.25) is 0 Å². The van der Waals surface area contributed by atoms with E-state index in [-0.39, 0.29) is 11.1 Å². The second kappa shape index (κ2) is 5.25. The molecule has 1 aliphatic rings. The van der Waals surface area contributed by atoms with Crippen molar-refractivity contribution >= 4 is 5.91 Å². The fourth-order valence-corrected chi connectivity index (χ4v) is 2.74. The van der Waals surface area contributed by atoms with E-state index in [4.69, 9.17) is 0 Å². The number of likely N-dealkylation sites (tertiary alicyclic amines) is 1. The van der Waals surface area contributed by atoms with Gasteiger partial charge in [0.1, 0.15) is 11.6 Å². The van der Waals surface area contributed by atoms with Crippen LogP contribution in [-0.2, 0) is 0 Å². The van der Waals surface area contributed by atoms with Crippen molar-refractivity contribution < 1.29 is 13.6 Å². The van der Waals surface area contributed by atoms with Crippen LogP contribution in [0.4, 0.5) is 8.78 Å². The van der Waals surface area contributed by atoms with Gasteiger partial charge in [-0.05, 0) is 45.0 Å². The first-order chi connectivity index (χ1) is 8.98. The Morgan fingerprint density at radius 3 is 2.89 bits per heavy atom. The molecular formula is C14H18F2N2O. The first kappa shape index (κ1) is 13.9. The highest BCUT2D eigenvalue weighted by Crippen LogP contribution is 2.30. The Bertz CT molecular complexity index is 492. The Morgan fingerprint density at radius 1 is 1.47 bits per heavy atom. The quantitative estimate of drug-likeness (QED) is 0.911. The predicted octanol–water partition coefficient (Wildman–Crippen LogP) is 2.18. The van der Waals surface area contributed by atoms with Gasteiger partial charge in [0.05, 0.1) is 11.1 Å². The summed E-state index contributed by atoms with van der Waals surface area (Å²) in [5.74, 6) is -1.71. The molecule has 1 aliphatic heterocycles. The molecule has 1 saturated heterocycles. The van der Waals surface area contributed by atoms with Crippen LogP contribution in [0.2, 0.25) is 0 Å². The molecule has 1 unspecified atom stereocenters. The zero-order valence-electron chi connectivity index (χ0n) is 11.2. The Hall–Kier alpha value is -1.49. The minimum absolute atomic E-state index is 0.191. The summed E-state index contributed by atoms with van der Waals surface area (Å²) in [6, 6.07) is 2.98. The lowest BCUT2D eigenvalue weighted by Gasteiger charge is -2.35. The molecule has 0 radical (unpaired) electrons. The lowest BCUT2D eigenvalue weighted by Crippen LogP contribution is -2.50. The predicted molar refractivity (Wildman–Crippen MR) is 69.0 cm³/mol. The van der Waals surface area contributed by atoms with Crippen LogP contribution in [0.5, 0.6) is 0 Å². The standard InChI is InChI=1S/C14H18F2N2O/c1-14(9-17-2)6-3-7-18(14)13(19)11-8-10(15)4-5-12(11)16/h4-5,8,17H,3,6-7,9H2,1-2H3. The Labute approximate surface area is 111 Å². The van der Waals surface area contributed by atoms with Crippen molar-refractivity contribution in [3.05, 3.63) is 35.4 Å². The van der Waals surface area contributed by atoms with Crippen molar-refractivity contribution in [2.24, 2.45) is 0 Å². The van der Waals surface area contributed by atoms with E-state index in [1.165, 1.54) is 0 Å².